The maximum atomic E-state index is 13.6. The summed E-state index contributed by atoms with van der Waals surface area (Å²) in [5.41, 5.74) is 7.99. The van der Waals surface area contributed by atoms with Gasteiger partial charge in [-0.05, 0) is 56.3 Å². The van der Waals surface area contributed by atoms with E-state index in [1.54, 1.807) is 10.6 Å². The second kappa shape index (κ2) is 9.10. The smallest absolute Gasteiger partial charge is 0.265 e. The van der Waals surface area contributed by atoms with Crippen molar-refractivity contribution in [1.29, 1.82) is 5.26 Å². The highest BCUT2D eigenvalue weighted by Gasteiger charge is 2.26. The van der Waals surface area contributed by atoms with Crippen molar-refractivity contribution in [2.24, 2.45) is 12.8 Å². The lowest BCUT2D eigenvalue weighted by Crippen LogP contribution is -2.45. The number of nitrogens with zero attached hydrogens (tertiary/aromatic N) is 5. The lowest BCUT2D eigenvalue weighted by atomic mass is 10.1. The number of hydrogen-bond donors (Lipinski definition) is 1. The molecule has 0 bridgehead atoms. The number of anilines is 1. The van der Waals surface area contributed by atoms with Gasteiger partial charge in [0.25, 0.3) is 5.56 Å². The van der Waals surface area contributed by atoms with Gasteiger partial charge in [-0.2, -0.15) is 10.2 Å². The number of hydrogen-bond acceptors (Lipinski definition) is 5. The van der Waals surface area contributed by atoms with Gasteiger partial charge in [-0.25, -0.2) is 0 Å². The van der Waals surface area contributed by atoms with Gasteiger partial charge < -0.3 is 15.2 Å². The number of nitriles is 1. The van der Waals surface area contributed by atoms with Crippen molar-refractivity contribution in [2.45, 2.75) is 25.4 Å². The second-order valence-electron chi connectivity index (χ2n) is 7.28. The van der Waals surface area contributed by atoms with Crippen molar-refractivity contribution in [3.8, 4) is 6.07 Å². The minimum absolute atomic E-state index is 0. The molecule has 1 aromatic carbocycles. The van der Waals surface area contributed by atoms with Crippen LogP contribution in [0.3, 0.4) is 0 Å². The molecule has 0 spiro atoms. The van der Waals surface area contributed by atoms with Crippen LogP contribution in [-0.4, -0.2) is 33.2 Å². The van der Waals surface area contributed by atoms with Gasteiger partial charge in [0.15, 0.2) is 5.65 Å². The number of aromatic nitrogens is 3. The first-order chi connectivity index (χ1) is 13.9. The Morgan fingerprint density at radius 3 is 2.77 bits per heavy atom. The molecule has 10 heteroatoms. The Morgan fingerprint density at radius 2 is 2.07 bits per heavy atom. The molecular weight excluding hydrogens is 536 g/mol. The number of fused-ring (bicyclic) bond motifs is 1. The number of halogens is 3. The first kappa shape index (κ1) is 22.8. The van der Waals surface area contributed by atoms with Crippen LogP contribution in [-0.2, 0) is 13.6 Å². The molecule has 30 heavy (non-hydrogen) atoms. The van der Waals surface area contributed by atoms with Crippen LogP contribution < -0.4 is 16.2 Å². The summed E-state index contributed by atoms with van der Waals surface area (Å²) >= 11 is 7.05. The van der Waals surface area contributed by atoms with Crippen LogP contribution in [0, 0.1) is 11.3 Å². The zero-order valence-electron chi connectivity index (χ0n) is 16.3. The quantitative estimate of drug-likeness (QED) is 0.533. The summed E-state index contributed by atoms with van der Waals surface area (Å²) in [7, 11) is 1.87. The molecule has 3 heterocycles. The molecule has 0 amide bonds. The highest BCUT2D eigenvalue weighted by molar-refractivity contribution is 9.13. The maximum Gasteiger partial charge on any atom is 0.265 e. The van der Waals surface area contributed by atoms with E-state index in [0.717, 1.165) is 29.6 Å². The fraction of sp³-hybridized carbons (Fsp3) is 0.350. The van der Waals surface area contributed by atoms with Crippen molar-refractivity contribution < 1.29 is 0 Å². The SMILES string of the molecule is Cl.Cn1c(Br)c(Br)c2c(=O)n(Cc3ccccc3C#N)c(N3CCC[C@@H](N)C3)nc21. The van der Waals surface area contributed by atoms with Gasteiger partial charge in [0, 0.05) is 26.2 Å². The summed E-state index contributed by atoms with van der Waals surface area (Å²) in [5, 5.41) is 9.99. The van der Waals surface area contributed by atoms with Gasteiger partial charge in [-0.3, -0.25) is 9.36 Å². The number of aryl methyl sites for hydroxylation is 1. The first-order valence-electron chi connectivity index (χ1n) is 9.35. The topological polar surface area (TPSA) is 92.9 Å². The average molecular weight is 557 g/mol. The average Bonchev–Trinajstić information content (AvgIpc) is 2.94. The Balaban J connectivity index is 0.00000256. The predicted octanol–water partition coefficient (Wildman–Crippen LogP) is 3.53. The molecular formula is C20H21Br2ClN6O. The molecule has 0 unspecified atom stereocenters. The molecule has 1 saturated heterocycles. The predicted molar refractivity (Wildman–Crippen MR) is 127 cm³/mol. The van der Waals surface area contributed by atoms with Crippen LogP contribution in [0.2, 0.25) is 0 Å². The van der Waals surface area contributed by atoms with Crippen molar-refractivity contribution in [3.63, 3.8) is 0 Å². The summed E-state index contributed by atoms with van der Waals surface area (Å²) in [4.78, 5) is 20.5. The summed E-state index contributed by atoms with van der Waals surface area (Å²) in [6.45, 7) is 1.70. The van der Waals surface area contributed by atoms with E-state index in [-0.39, 0.29) is 30.6 Å². The molecule has 3 aromatic rings. The standard InChI is InChI=1S/C20H20Br2N6O.ClH/c1-26-17(22)16(21)15-18(26)25-20(27-8-4-7-14(24)11-27)28(19(15)29)10-13-6-3-2-5-12(13)9-23;/h2-3,5-6,14H,4,7-8,10-11,24H2,1H3;1H/t14-;/m1./s1. The molecule has 0 saturated carbocycles. The highest BCUT2D eigenvalue weighted by Crippen LogP contribution is 2.32. The van der Waals surface area contributed by atoms with Gasteiger partial charge in [-0.1, -0.05) is 18.2 Å². The number of rotatable bonds is 3. The molecule has 7 nitrogen and oxygen atoms in total. The number of nitrogens with two attached hydrogens (primary N) is 1. The fourth-order valence-corrected chi connectivity index (χ4v) is 4.80. The molecule has 158 valence electrons. The molecule has 0 radical (unpaired) electrons. The van der Waals surface area contributed by atoms with Crippen molar-refractivity contribution >= 4 is 61.2 Å². The zero-order chi connectivity index (χ0) is 20.7. The third kappa shape index (κ3) is 3.89. The highest BCUT2D eigenvalue weighted by atomic mass is 79.9. The molecule has 1 aliphatic rings. The van der Waals surface area contributed by atoms with Crippen LogP contribution >= 0.6 is 44.3 Å². The van der Waals surface area contributed by atoms with Gasteiger partial charge in [-0.15, -0.1) is 12.4 Å². The van der Waals surface area contributed by atoms with Crippen molar-refractivity contribution in [2.75, 3.05) is 18.0 Å². The summed E-state index contributed by atoms with van der Waals surface area (Å²) in [6.07, 6.45) is 1.91. The number of piperidine rings is 1. The van der Waals surface area contributed by atoms with Crippen molar-refractivity contribution in [3.05, 3.63) is 54.8 Å². The molecule has 4 rings (SSSR count). The Labute approximate surface area is 197 Å². The Kier molecular flexibility index (Phi) is 6.92. The molecule has 1 atom stereocenters. The van der Waals surface area contributed by atoms with Crippen LogP contribution in [0.1, 0.15) is 24.0 Å². The van der Waals surface area contributed by atoms with Crippen LogP contribution in [0.5, 0.6) is 0 Å². The summed E-state index contributed by atoms with van der Waals surface area (Å²) < 4.78 is 4.94. The summed E-state index contributed by atoms with van der Waals surface area (Å²) in [5.74, 6) is 0.589. The largest absolute Gasteiger partial charge is 0.341 e. The Hall–Kier alpha value is -1.86. The van der Waals surface area contributed by atoms with Crippen LogP contribution in [0.25, 0.3) is 11.0 Å². The van der Waals surface area contributed by atoms with E-state index in [2.05, 4.69) is 42.8 Å². The summed E-state index contributed by atoms with van der Waals surface area (Å²) in [6, 6.07) is 9.59. The van der Waals surface area contributed by atoms with Gasteiger partial charge in [0.2, 0.25) is 5.95 Å². The van der Waals surface area contributed by atoms with E-state index in [1.807, 2.05) is 29.8 Å². The van der Waals surface area contributed by atoms with Crippen molar-refractivity contribution in [1.82, 2.24) is 14.1 Å². The molecule has 0 aliphatic carbocycles. The maximum absolute atomic E-state index is 13.6. The zero-order valence-corrected chi connectivity index (χ0v) is 20.3. The van der Waals surface area contributed by atoms with Gasteiger partial charge in [0.1, 0.15) is 4.60 Å². The molecule has 2 N–H and O–H groups in total. The second-order valence-corrected chi connectivity index (χ2v) is 8.83. The Morgan fingerprint density at radius 1 is 1.33 bits per heavy atom. The normalized spacial score (nSPS) is 16.4. The van der Waals surface area contributed by atoms with E-state index in [1.165, 1.54) is 0 Å². The molecule has 2 aromatic heterocycles. The third-order valence-corrected chi connectivity index (χ3v) is 7.58. The molecule has 1 fully saturated rings. The Bertz CT molecular complexity index is 1200. The third-order valence-electron chi connectivity index (χ3n) is 5.35. The minimum Gasteiger partial charge on any atom is -0.341 e. The lowest BCUT2D eigenvalue weighted by Gasteiger charge is -2.33. The van der Waals surface area contributed by atoms with E-state index >= 15 is 0 Å². The van der Waals surface area contributed by atoms with Crippen LogP contribution in [0.15, 0.2) is 38.1 Å². The number of benzene rings is 1. The van der Waals surface area contributed by atoms with E-state index in [0.29, 0.717) is 33.6 Å². The molecule has 1 aliphatic heterocycles. The van der Waals surface area contributed by atoms with Crippen LogP contribution in [0.4, 0.5) is 5.95 Å². The minimum atomic E-state index is -0.148. The van der Waals surface area contributed by atoms with E-state index in [9.17, 15) is 10.1 Å². The fourth-order valence-electron chi connectivity index (χ4n) is 3.82. The lowest BCUT2D eigenvalue weighted by molar-refractivity contribution is 0.491. The van der Waals surface area contributed by atoms with Gasteiger partial charge >= 0.3 is 0 Å². The van der Waals surface area contributed by atoms with Gasteiger partial charge in [0.05, 0.1) is 28.0 Å². The first-order valence-corrected chi connectivity index (χ1v) is 10.9. The van der Waals surface area contributed by atoms with E-state index < -0.39 is 0 Å². The monoisotopic (exact) mass is 554 g/mol. The van der Waals surface area contributed by atoms with E-state index in [4.69, 9.17) is 10.7 Å².